The lowest BCUT2D eigenvalue weighted by molar-refractivity contribution is 0.0392. The summed E-state index contributed by atoms with van der Waals surface area (Å²) < 4.78 is 59.0. The third-order valence-corrected chi connectivity index (χ3v) is 7.06. The first kappa shape index (κ1) is 22.4. The number of amides is 1. The molecule has 2 bridgehead atoms. The van der Waals surface area contributed by atoms with Gasteiger partial charge in [-0.15, -0.1) is 10.2 Å². The second-order valence-corrected chi connectivity index (χ2v) is 9.14. The zero-order chi connectivity index (χ0) is 25.1. The Balaban J connectivity index is 1.41. The molecule has 4 heterocycles. The van der Waals surface area contributed by atoms with E-state index in [4.69, 9.17) is 0 Å². The lowest BCUT2D eigenvalue weighted by Gasteiger charge is -2.45. The normalized spacial score (nSPS) is 18.9. The molecule has 11 heteroatoms. The van der Waals surface area contributed by atoms with E-state index >= 15 is 0 Å². The van der Waals surface area contributed by atoms with Crippen molar-refractivity contribution < 1.29 is 22.4 Å². The van der Waals surface area contributed by atoms with E-state index in [1.807, 2.05) is 0 Å². The van der Waals surface area contributed by atoms with Crippen molar-refractivity contribution >= 4 is 5.91 Å². The molecule has 4 aromatic rings. The summed E-state index contributed by atoms with van der Waals surface area (Å²) in [5.41, 5.74) is 2.63. The molecule has 2 atom stereocenters. The summed E-state index contributed by atoms with van der Waals surface area (Å²) in [7, 11) is 1.66. The van der Waals surface area contributed by atoms with Crippen LogP contribution in [0.25, 0.3) is 16.9 Å². The van der Waals surface area contributed by atoms with E-state index in [1.165, 1.54) is 40.1 Å². The number of fused-ring (bicyclic) bond motifs is 4. The number of hydrogen-bond acceptors (Lipinski definition) is 4. The molecule has 0 N–H and O–H groups in total. The van der Waals surface area contributed by atoms with Crippen LogP contribution in [0.2, 0.25) is 0 Å². The number of aryl methyl sites for hydroxylation is 1. The fourth-order valence-electron chi connectivity index (χ4n) is 5.52. The maximum absolute atomic E-state index is 14.5. The number of hydrogen-bond donors (Lipinski definition) is 0. The number of piperidine rings is 1. The van der Waals surface area contributed by atoms with E-state index in [-0.39, 0.29) is 29.2 Å². The topological polar surface area (TPSA) is 68.8 Å². The number of halogens is 4. The van der Waals surface area contributed by atoms with Crippen molar-refractivity contribution in [3.8, 4) is 16.9 Å². The van der Waals surface area contributed by atoms with E-state index in [1.54, 1.807) is 11.9 Å². The number of benzene rings is 2. The zero-order valence-electron chi connectivity index (χ0n) is 19.1. The Hall–Kier alpha value is -4.02. The van der Waals surface area contributed by atoms with Gasteiger partial charge in [0.2, 0.25) is 0 Å². The van der Waals surface area contributed by atoms with Gasteiger partial charge in [-0.25, -0.2) is 17.6 Å². The van der Waals surface area contributed by atoms with Crippen LogP contribution in [0.5, 0.6) is 0 Å². The van der Waals surface area contributed by atoms with Crippen LogP contribution in [-0.4, -0.2) is 41.4 Å². The molecule has 36 heavy (non-hydrogen) atoms. The standard InChI is InChI=1S/C25H20F4N6O/c1-33-24(14-7-18(27)22(29)19(28)8-14)16-10-15-3-2-4-20(23(16)32-33)35(15)25(36)13-5-6-17(26)21(9-13)34-11-30-31-12-34/h5-9,11-12,15,20H,2-4,10H2,1H3/t15-,20+/m1/s1. The van der Waals surface area contributed by atoms with Crippen LogP contribution >= 0.6 is 0 Å². The van der Waals surface area contributed by atoms with Crippen molar-refractivity contribution in [1.82, 2.24) is 29.4 Å². The molecule has 2 aromatic carbocycles. The smallest absolute Gasteiger partial charge is 0.254 e. The highest BCUT2D eigenvalue weighted by molar-refractivity contribution is 5.95. The molecule has 2 aliphatic rings. The van der Waals surface area contributed by atoms with Crippen molar-refractivity contribution in [2.75, 3.05) is 0 Å². The molecule has 184 valence electrons. The van der Waals surface area contributed by atoms with E-state index in [0.717, 1.165) is 30.5 Å². The van der Waals surface area contributed by atoms with Crippen molar-refractivity contribution in [3.05, 3.63) is 83.1 Å². The summed E-state index contributed by atoms with van der Waals surface area (Å²) in [5.74, 6) is -4.83. The molecule has 0 spiro atoms. The molecule has 2 aromatic heterocycles. The second-order valence-electron chi connectivity index (χ2n) is 9.14. The van der Waals surface area contributed by atoms with Crippen molar-refractivity contribution in [2.24, 2.45) is 7.05 Å². The molecule has 0 unspecified atom stereocenters. The predicted molar refractivity (Wildman–Crippen MR) is 120 cm³/mol. The zero-order valence-corrected chi connectivity index (χ0v) is 19.1. The average molecular weight is 496 g/mol. The van der Waals surface area contributed by atoms with E-state index in [2.05, 4.69) is 15.3 Å². The van der Waals surface area contributed by atoms with Crippen LogP contribution in [0, 0.1) is 23.3 Å². The minimum Gasteiger partial charge on any atom is -0.327 e. The van der Waals surface area contributed by atoms with Gasteiger partial charge in [0.15, 0.2) is 17.5 Å². The van der Waals surface area contributed by atoms with Gasteiger partial charge in [0.1, 0.15) is 18.5 Å². The molecule has 1 fully saturated rings. The Kier molecular flexibility index (Phi) is 5.16. The van der Waals surface area contributed by atoms with Crippen LogP contribution in [0.15, 0.2) is 43.0 Å². The summed E-state index contributed by atoms with van der Waals surface area (Å²) in [6.07, 6.45) is 5.43. The maximum Gasteiger partial charge on any atom is 0.254 e. The summed E-state index contributed by atoms with van der Waals surface area (Å²) in [5, 5.41) is 12.0. The minimum atomic E-state index is -1.52. The highest BCUT2D eigenvalue weighted by atomic mass is 19.2. The van der Waals surface area contributed by atoms with Crippen LogP contribution in [0.3, 0.4) is 0 Å². The van der Waals surface area contributed by atoms with Crippen molar-refractivity contribution in [2.45, 2.75) is 37.8 Å². The third-order valence-electron chi connectivity index (χ3n) is 7.06. The van der Waals surface area contributed by atoms with Gasteiger partial charge in [-0.05, 0) is 56.0 Å². The van der Waals surface area contributed by atoms with Gasteiger partial charge >= 0.3 is 0 Å². The molecule has 1 saturated heterocycles. The monoisotopic (exact) mass is 496 g/mol. The predicted octanol–water partition coefficient (Wildman–Crippen LogP) is 4.52. The molecule has 2 aliphatic heterocycles. The van der Waals surface area contributed by atoms with Gasteiger partial charge in [0.05, 0.1) is 23.1 Å². The van der Waals surface area contributed by atoms with Gasteiger partial charge in [-0.2, -0.15) is 5.10 Å². The number of nitrogens with zero attached hydrogens (tertiary/aromatic N) is 6. The molecular formula is C25H20F4N6O. The molecule has 0 radical (unpaired) electrons. The fraction of sp³-hybridized carbons (Fsp3) is 0.280. The summed E-state index contributed by atoms with van der Waals surface area (Å²) >= 11 is 0. The van der Waals surface area contributed by atoms with E-state index < -0.39 is 23.3 Å². The highest BCUT2D eigenvalue weighted by Gasteiger charge is 2.43. The fourth-order valence-corrected chi connectivity index (χ4v) is 5.52. The first-order chi connectivity index (χ1) is 17.3. The van der Waals surface area contributed by atoms with E-state index in [0.29, 0.717) is 29.8 Å². The summed E-state index contributed by atoms with van der Waals surface area (Å²) in [4.78, 5) is 15.5. The van der Waals surface area contributed by atoms with Crippen LogP contribution in [0.4, 0.5) is 17.6 Å². The Morgan fingerprint density at radius 1 is 0.972 bits per heavy atom. The first-order valence-corrected chi connectivity index (χ1v) is 11.5. The Morgan fingerprint density at radius 3 is 2.42 bits per heavy atom. The van der Waals surface area contributed by atoms with Crippen molar-refractivity contribution in [3.63, 3.8) is 0 Å². The number of rotatable bonds is 3. The van der Waals surface area contributed by atoms with E-state index in [9.17, 15) is 22.4 Å². The van der Waals surface area contributed by atoms with Crippen molar-refractivity contribution in [1.29, 1.82) is 0 Å². The van der Waals surface area contributed by atoms with Gasteiger partial charge in [0, 0.05) is 29.8 Å². The largest absolute Gasteiger partial charge is 0.327 e. The number of aromatic nitrogens is 5. The quantitative estimate of drug-likeness (QED) is 0.309. The summed E-state index contributed by atoms with van der Waals surface area (Å²) in [6, 6.07) is 5.57. The number of carbonyl (C=O) groups excluding carboxylic acids is 1. The van der Waals surface area contributed by atoms with Crippen LogP contribution in [-0.2, 0) is 13.5 Å². The van der Waals surface area contributed by atoms with Gasteiger partial charge in [-0.3, -0.25) is 14.0 Å². The Morgan fingerprint density at radius 2 is 1.69 bits per heavy atom. The molecule has 0 saturated carbocycles. The molecule has 0 aliphatic carbocycles. The Bertz CT molecular complexity index is 1480. The molecule has 7 nitrogen and oxygen atoms in total. The lowest BCUT2D eigenvalue weighted by atomic mass is 9.81. The third kappa shape index (κ3) is 3.41. The Labute approximate surface area is 203 Å². The maximum atomic E-state index is 14.5. The lowest BCUT2D eigenvalue weighted by Crippen LogP contribution is -2.49. The van der Waals surface area contributed by atoms with Gasteiger partial charge in [0.25, 0.3) is 5.91 Å². The van der Waals surface area contributed by atoms with Gasteiger partial charge in [-0.1, -0.05) is 0 Å². The first-order valence-electron chi connectivity index (χ1n) is 11.5. The molecule has 1 amide bonds. The minimum absolute atomic E-state index is 0.161. The van der Waals surface area contributed by atoms with Gasteiger partial charge < -0.3 is 4.90 Å². The van der Waals surface area contributed by atoms with Crippen LogP contribution < -0.4 is 0 Å². The molecular weight excluding hydrogens is 476 g/mol. The highest BCUT2D eigenvalue weighted by Crippen LogP contribution is 2.45. The number of carbonyl (C=O) groups is 1. The van der Waals surface area contributed by atoms with Crippen LogP contribution in [0.1, 0.15) is 46.9 Å². The average Bonchev–Trinajstić information content (AvgIpc) is 3.50. The second kappa shape index (κ2) is 8.28. The molecule has 6 rings (SSSR count). The SMILES string of the molecule is Cn1nc2c(c1-c1cc(F)c(F)c(F)c1)C[C@H]1CCC[C@@H]2N1C(=O)c1ccc(F)c(-n2cnnc2)c1. The summed E-state index contributed by atoms with van der Waals surface area (Å²) in [6.45, 7) is 0.